The summed E-state index contributed by atoms with van der Waals surface area (Å²) >= 11 is 0. The largest absolute Gasteiger partial charge is 0.339 e. The van der Waals surface area contributed by atoms with E-state index in [4.69, 9.17) is 4.98 Å². The minimum Gasteiger partial charge on any atom is -0.339 e. The first-order chi connectivity index (χ1) is 10.2. The average Bonchev–Trinajstić information content (AvgIpc) is 2.79. The molecule has 0 bridgehead atoms. The molecule has 0 unspecified atom stereocenters. The van der Waals surface area contributed by atoms with Gasteiger partial charge in [-0.2, -0.15) is 0 Å². The van der Waals surface area contributed by atoms with Gasteiger partial charge in [0.15, 0.2) is 0 Å². The standard InChI is InChI=1S/C17H22N4/c1-13-4-5-14(2)15(12-13)16-6-8-19-17(20-16)21-10-3-7-18-9-11-21/h4-6,8,12,18H,3,7,9-11H2,1-2H3. The van der Waals surface area contributed by atoms with Crippen molar-refractivity contribution in [3.8, 4) is 11.3 Å². The van der Waals surface area contributed by atoms with E-state index in [9.17, 15) is 0 Å². The molecule has 1 aromatic carbocycles. The van der Waals surface area contributed by atoms with Crippen molar-refractivity contribution in [2.75, 3.05) is 31.1 Å². The zero-order valence-corrected chi connectivity index (χ0v) is 12.8. The first-order valence-corrected chi connectivity index (χ1v) is 7.60. The van der Waals surface area contributed by atoms with Gasteiger partial charge in [0, 0.05) is 31.4 Å². The van der Waals surface area contributed by atoms with Gasteiger partial charge in [0.1, 0.15) is 0 Å². The maximum atomic E-state index is 4.80. The molecule has 2 heterocycles. The van der Waals surface area contributed by atoms with Gasteiger partial charge in [-0.25, -0.2) is 9.97 Å². The van der Waals surface area contributed by atoms with Crippen LogP contribution in [-0.2, 0) is 0 Å². The van der Waals surface area contributed by atoms with Crippen LogP contribution in [0.25, 0.3) is 11.3 Å². The third kappa shape index (κ3) is 3.22. The number of anilines is 1. The van der Waals surface area contributed by atoms with Gasteiger partial charge in [-0.3, -0.25) is 0 Å². The third-order valence-corrected chi connectivity index (χ3v) is 3.93. The number of nitrogens with zero attached hydrogens (tertiary/aromatic N) is 3. The van der Waals surface area contributed by atoms with E-state index in [1.54, 1.807) is 0 Å². The average molecular weight is 282 g/mol. The van der Waals surface area contributed by atoms with Crippen LogP contribution in [0, 0.1) is 13.8 Å². The number of hydrogen-bond acceptors (Lipinski definition) is 4. The smallest absolute Gasteiger partial charge is 0.225 e. The molecule has 1 fully saturated rings. The van der Waals surface area contributed by atoms with E-state index >= 15 is 0 Å². The molecule has 21 heavy (non-hydrogen) atoms. The number of hydrogen-bond donors (Lipinski definition) is 1. The molecule has 1 aliphatic rings. The van der Waals surface area contributed by atoms with Crippen molar-refractivity contribution in [1.29, 1.82) is 0 Å². The normalized spacial score (nSPS) is 15.8. The molecule has 3 rings (SSSR count). The number of aromatic nitrogens is 2. The van der Waals surface area contributed by atoms with Gasteiger partial charge in [0.2, 0.25) is 5.95 Å². The summed E-state index contributed by atoms with van der Waals surface area (Å²) in [4.78, 5) is 11.5. The van der Waals surface area contributed by atoms with Gasteiger partial charge in [0.25, 0.3) is 0 Å². The van der Waals surface area contributed by atoms with Crippen molar-refractivity contribution in [3.05, 3.63) is 41.6 Å². The van der Waals surface area contributed by atoms with Crippen molar-refractivity contribution in [1.82, 2.24) is 15.3 Å². The van der Waals surface area contributed by atoms with Crippen molar-refractivity contribution >= 4 is 5.95 Å². The Balaban J connectivity index is 1.94. The minimum absolute atomic E-state index is 0.845. The molecule has 0 radical (unpaired) electrons. The summed E-state index contributed by atoms with van der Waals surface area (Å²) in [5, 5.41) is 3.41. The summed E-state index contributed by atoms with van der Waals surface area (Å²) in [5.41, 5.74) is 4.72. The van der Waals surface area contributed by atoms with Crippen LogP contribution in [0.1, 0.15) is 17.5 Å². The monoisotopic (exact) mass is 282 g/mol. The molecule has 1 aromatic heterocycles. The van der Waals surface area contributed by atoms with Crippen LogP contribution in [0.4, 0.5) is 5.95 Å². The Labute approximate surface area is 126 Å². The first kappa shape index (κ1) is 14.0. The van der Waals surface area contributed by atoms with Crippen molar-refractivity contribution in [2.24, 2.45) is 0 Å². The Morgan fingerprint density at radius 1 is 1.10 bits per heavy atom. The Hall–Kier alpha value is -1.94. The predicted molar refractivity (Wildman–Crippen MR) is 86.6 cm³/mol. The highest BCUT2D eigenvalue weighted by Crippen LogP contribution is 2.24. The van der Waals surface area contributed by atoms with Crippen molar-refractivity contribution in [2.45, 2.75) is 20.3 Å². The van der Waals surface area contributed by atoms with Crippen LogP contribution in [0.15, 0.2) is 30.5 Å². The summed E-state index contributed by atoms with van der Waals surface area (Å²) in [6.45, 7) is 8.31. The Morgan fingerprint density at radius 2 is 2.00 bits per heavy atom. The summed E-state index contributed by atoms with van der Waals surface area (Å²) in [5.74, 6) is 0.845. The molecule has 4 heteroatoms. The molecule has 0 atom stereocenters. The summed E-state index contributed by atoms with van der Waals surface area (Å²) < 4.78 is 0. The predicted octanol–water partition coefficient (Wildman–Crippen LogP) is 2.56. The number of benzene rings is 1. The maximum absolute atomic E-state index is 4.80. The molecule has 0 saturated carbocycles. The highest BCUT2D eigenvalue weighted by atomic mass is 15.3. The van der Waals surface area contributed by atoms with E-state index < -0.39 is 0 Å². The SMILES string of the molecule is Cc1ccc(C)c(-c2ccnc(N3CCCNCC3)n2)c1. The second-order valence-corrected chi connectivity index (χ2v) is 5.65. The molecule has 1 saturated heterocycles. The Kier molecular flexibility index (Phi) is 4.15. The summed E-state index contributed by atoms with van der Waals surface area (Å²) in [6.07, 6.45) is 3.01. The minimum atomic E-state index is 0.845. The van der Waals surface area contributed by atoms with E-state index in [0.29, 0.717) is 0 Å². The molecule has 4 nitrogen and oxygen atoms in total. The lowest BCUT2D eigenvalue weighted by Gasteiger charge is -2.20. The van der Waals surface area contributed by atoms with Crippen LogP contribution in [0.3, 0.4) is 0 Å². The molecular weight excluding hydrogens is 260 g/mol. The van der Waals surface area contributed by atoms with E-state index in [1.807, 2.05) is 12.3 Å². The molecule has 2 aromatic rings. The van der Waals surface area contributed by atoms with Gasteiger partial charge in [0.05, 0.1) is 5.69 Å². The fraction of sp³-hybridized carbons (Fsp3) is 0.412. The van der Waals surface area contributed by atoms with Crippen LogP contribution >= 0.6 is 0 Å². The second kappa shape index (κ2) is 6.22. The fourth-order valence-electron chi connectivity index (χ4n) is 2.71. The lowest BCUT2D eigenvalue weighted by Crippen LogP contribution is -2.29. The molecule has 0 amide bonds. The zero-order valence-electron chi connectivity index (χ0n) is 12.8. The van der Waals surface area contributed by atoms with Crippen LogP contribution in [0.2, 0.25) is 0 Å². The molecule has 1 aliphatic heterocycles. The number of rotatable bonds is 2. The van der Waals surface area contributed by atoms with Gasteiger partial charge < -0.3 is 10.2 Å². The highest BCUT2D eigenvalue weighted by molar-refractivity contribution is 5.65. The lowest BCUT2D eigenvalue weighted by molar-refractivity contribution is 0.724. The molecule has 110 valence electrons. The zero-order chi connectivity index (χ0) is 14.7. The Bertz CT molecular complexity index is 616. The van der Waals surface area contributed by atoms with Gasteiger partial charge in [-0.15, -0.1) is 0 Å². The summed E-state index contributed by atoms with van der Waals surface area (Å²) in [7, 11) is 0. The quantitative estimate of drug-likeness (QED) is 0.919. The first-order valence-electron chi connectivity index (χ1n) is 7.60. The fourth-order valence-corrected chi connectivity index (χ4v) is 2.71. The highest BCUT2D eigenvalue weighted by Gasteiger charge is 2.13. The van der Waals surface area contributed by atoms with Crippen LogP contribution in [0.5, 0.6) is 0 Å². The van der Waals surface area contributed by atoms with Crippen molar-refractivity contribution in [3.63, 3.8) is 0 Å². The molecule has 1 N–H and O–H groups in total. The van der Waals surface area contributed by atoms with Gasteiger partial charge >= 0.3 is 0 Å². The second-order valence-electron chi connectivity index (χ2n) is 5.65. The molecule has 0 aliphatic carbocycles. The van der Waals surface area contributed by atoms with Gasteiger partial charge in [-0.1, -0.05) is 17.7 Å². The van der Waals surface area contributed by atoms with E-state index in [1.165, 1.54) is 16.7 Å². The van der Waals surface area contributed by atoms with Crippen LogP contribution in [-0.4, -0.2) is 36.1 Å². The van der Waals surface area contributed by atoms with E-state index in [2.05, 4.69) is 47.2 Å². The van der Waals surface area contributed by atoms with Gasteiger partial charge in [-0.05, 0) is 44.5 Å². The summed E-state index contributed by atoms with van der Waals surface area (Å²) in [6, 6.07) is 8.50. The molecule has 0 spiro atoms. The topological polar surface area (TPSA) is 41.1 Å². The maximum Gasteiger partial charge on any atom is 0.225 e. The number of nitrogens with one attached hydrogen (secondary N) is 1. The molecular formula is C17H22N4. The third-order valence-electron chi connectivity index (χ3n) is 3.93. The Morgan fingerprint density at radius 3 is 2.90 bits per heavy atom. The van der Waals surface area contributed by atoms with E-state index in [0.717, 1.165) is 44.2 Å². The van der Waals surface area contributed by atoms with E-state index in [-0.39, 0.29) is 0 Å². The lowest BCUT2D eigenvalue weighted by atomic mass is 10.0. The van der Waals surface area contributed by atoms with Crippen LogP contribution < -0.4 is 10.2 Å². The van der Waals surface area contributed by atoms with Crippen molar-refractivity contribution < 1.29 is 0 Å². The number of aryl methyl sites for hydroxylation is 2.